The molecule has 23 heavy (non-hydrogen) atoms. The summed E-state index contributed by atoms with van der Waals surface area (Å²) in [5.74, 6) is 0. The van der Waals surface area contributed by atoms with Crippen molar-refractivity contribution >= 4 is 10.9 Å². The van der Waals surface area contributed by atoms with Gasteiger partial charge in [-0.3, -0.25) is 0 Å². The van der Waals surface area contributed by atoms with E-state index in [-0.39, 0.29) is 11.0 Å². The molecule has 0 fully saturated rings. The summed E-state index contributed by atoms with van der Waals surface area (Å²) in [5, 5.41) is 6.19. The van der Waals surface area contributed by atoms with E-state index in [1.54, 1.807) is 0 Å². The number of para-hydroxylation sites is 1. The molecule has 1 unspecified atom stereocenters. The Kier molecular flexibility index (Phi) is 3.66. The van der Waals surface area contributed by atoms with Crippen molar-refractivity contribution in [2.75, 3.05) is 14.1 Å². The average Bonchev–Trinajstić information content (AvgIpc) is 2.72. The smallest absolute Gasteiger partial charge is 0.0564 e. The molecule has 1 aliphatic rings. The van der Waals surface area contributed by atoms with E-state index in [0.717, 1.165) is 6.54 Å². The summed E-state index contributed by atoms with van der Waals surface area (Å²) in [5.41, 5.74) is 4.60. The van der Waals surface area contributed by atoms with E-state index in [4.69, 9.17) is 0 Å². The van der Waals surface area contributed by atoms with Crippen molar-refractivity contribution in [3.05, 3.63) is 35.5 Å². The third kappa shape index (κ3) is 2.50. The van der Waals surface area contributed by atoms with E-state index in [1.807, 2.05) is 0 Å². The Morgan fingerprint density at radius 1 is 0.957 bits per heavy atom. The molecule has 3 heteroatoms. The minimum absolute atomic E-state index is 0.0758. The number of hydrogen-bond acceptors (Lipinski definition) is 2. The maximum absolute atomic E-state index is 2.56. The molecule has 0 saturated heterocycles. The van der Waals surface area contributed by atoms with Crippen molar-refractivity contribution < 1.29 is 0 Å². The van der Waals surface area contributed by atoms with Crippen LogP contribution in [0.1, 0.15) is 58.8 Å². The van der Waals surface area contributed by atoms with Crippen molar-refractivity contribution in [2.24, 2.45) is 5.41 Å². The molecule has 126 valence electrons. The van der Waals surface area contributed by atoms with Crippen LogP contribution in [0.25, 0.3) is 10.9 Å². The lowest BCUT2D eigenvalue weighted by Crippen LogP contribution is -2.48. The fourth-order valence-electron chi connectivity index (χ4n) is 4.25. The Hall–Kier alpha value is -1.32. The highest BCUT2D eigenvalue weighted by molar-refractivity contribution is 5.86. The van der Waals surface area contributed by atoms with E-state index in [9.17, 15) is 0 Å². The van der Waals surface area contributed by atoms with Crippen molar-refractivity contribution in [3.8, 4) is 0 Å². The van der Waals surface area contributed by atoms with Crippen LogP contribution in [0.2, 0.25) is 0 Å². The van der Waals surface area contributed by atoms with Gasteiger partial charge in [0.05, 0.1) is 12.6 Å². The third-order valence-corrected chi connectivity index (χ3v) is 5.07. The molecule has 3 nitrogen and oxygen atoms in total. The first-order chi connectivity index (χ1) is 10.5. The number of hydrogen-bond donors (Lipinski definition) is 0. The van der Waals surface area contributed by atoms with Gasteiger partial charge < -0.3 is 4.57 Å². The molecule has 0 spiro atoms. The first-order valence-electron chi connectivity index (χ1n) is 8.60. The second-order valence-corrected chi connectivity index (χ2v) is 9.04. The number of hydrazine groups is 1. The van der Waals surface area contributed by atoms with Gasteiger partial charge in [0, 0.05) is 41.8 Å². The lowest BCUT2D eigenvalue weighted by Gasteiger charge is -2.47. The first kappa shape index (κ1) is 16.5. The summed E-state index contributed by atoms with van der Waals surface area (Å²) >= 11 is 0. The van der Waals surface area contributed by atoms with Crippen molar-refractivity contribution in [1.29, 1.82) is 0 Å². The van der Waals surface area contributed by atoms with E-state index in [2.05, 4.69) is 94.5 Å². The summed E-state index contributed by atoms with van der Waals surface area (Å²) in [7, 11) is 4.43. The quantitative estimate of drug-likeness (QED) is 0.693. The second-order valence-electron chi connectivity index (χ2n) is 9.04. The van der Waals surface area contributed by atoms with Gasteiger partial charge in [0.1, 0.15) is 0 Å². The first-order valence-corrected chi connectivity index (χ1v) is 8.60. The third-order valence-electron chi connectivity index (χ3n) is 5.07. The van der Waals surface area contributed by atoms with Crippen LogP contribution in [0.3, 0.4) is 0 Å². The van der Waals surface area contributed by atoms with Crippen LogP contribution >= 0.6 is 0 Å². The van der Waals surface area contributed by atoms with Crippen LogP contribution in [0.4, 0.5) is 0 Å². The van der Waals surface area contributed by atoms with E-state index in [0.29, 0.717) is 6.04 Å². The van der Waals surface area contributed by atoms with Crippen LogP contribution in [-0.4, -0.2) is 28.7 Å². The molecule has 1 aromatic heterocycles. The molecule has 0 aliphatic carbocycles. The van der Waals surface area contributed by atoms with Gasteiger partial charge in [0.2, 0.25) is 0 Å². The Bertz CT molecular complexity index is 728. The zero-order valence-electron chi connectivity index (χ0n) is 15.9. The molecular weight excluding hydrogens is 282 g/mol. The normalized spacial score (nSPS) is 21.0. The highest BCUT2D eigenvalue weighted by atomic mass is 15.6. The van der Waals surface area contributed by atoms with Gasteiger partial charge in [-0.1, -0.05) is 39.0 Å². The summed E-state index contributed by atoms with van der Waals surface area (Å²) in [6.45, 7) is 14.9. The molecule has 0 saturated carbocycles. The standard InChI is InChI=1S/C20H31N3/c1-19(2,3)18-17-14-11-9-10-12-15(14)23(20(4,5)6)16(17)13-21(7)22(18)8/h9-12,18H,13H2,1-8H3. The average molecular weight is 313 g/mol. The molecule has 0 N–H and O–H groups in total. The minimum Gasteiger partial charge on any atom is -0.338 e. The molecule has 3 rings (SSSR count). The van der Waals surface area contributed by atoms with Gasteiger partial charge in [-0.25, -0.2) is 10.0 Å². The molecule has 0 radical (unpaired) electrons. The fourth-order valence-corrected chi connectivity index (χ4v) is 4.25. The number of aromatic nitrogens is 1. The topological polar surface area (TPSA) is 11.4 Å². The Labute approximate surface area is 140 Å². The highest BCUT2D eigenvalue weighted by Gasteiger charge is 2.41. The molecule has 2 heterocycles. The van der Waals surface area contributed by atoms with Crippen LogP contribution < -0.4 is 0 Å². The predicted octanol–water partition coefficient (Wildman–Crippen LogP) is 4.78. The largest absolute Gasteiger partial charge is 0.338 e. The Morgan fingerprint density at radius 2 is 1.57 bits per heavy atom. The second kappa shape index (κ2) is 5.09. The van der Waals surface area contributed by atoms with Crippen molar-refractivity contribution in [1.82, 2.24) is 14.6 Å². The Morgan fingerprint density at radius 3 is 2.13 bits per heavy atom. The monoisotopic (exact) mass is 313 g/mol. The molecule has 1 aromatic carbocycles. The fraction of sp³-hybridized carbons (Fsp3) is 0.600. The van der Waals surface area contributed by atoms with E-state index >= 15 is 0 Å². The maximum atomic E-state index is 2.56. The number of nitrogens with zero attached hydrogens (tertiary/aromatic N) is 3. The predicted molar refractivity (Wildman–Crippen MR) is 98.4 cm³/mol. The molecule has 1 atom stereocenters. The summed E-state index contributed by atoms with van der Waals surface area (Å²) in [6, 6.07) is 9.29. The maximum Gasteiger partial charge on any atom is 0.0564 e. The van der Waals surface area contributed by atoms with Crippen LogP contribution in [-0.2, 0) is 12.1 Å². The SMILES string of the molecule is CN1Cc2c(c3ccccc3n2C(C)(C)C)C(C(C)(C)C)N1C. The molecular formula is C20H31N3. The van der Waals surface area contributed by atoms with Crippen LogP contribution in [0, 0.1) is 5.41 Å². The van der Waals surface area contributed by atoms with Gasteiger partial charge in [0.15, 0.2) is 0 Å². The Balaban J connectivity index is 2.41. The minimum atomic E-state index is 0.0758. The van der Waals surface area contributed by atoms with Crippen LogP contribution in [0.5, 0.6) is 0 Å². The summed E-state index contributed by atoms with van der Waals surface area (Å²) < 4.78 is 2.56. The van der Waals surface area contributed by atoms with Gasteiger partial charge in [-0.05, 0) is 32.3 Å². The molecule has 0 bridgehead atoms. The molecule has 0 amide bonds. The number of benzene rings is 1. The van der Waals surface area contributed by atoms with Gasteiger partial charge in [0.25, 0.3) is 0 Å². The highest BCUT2D eigenvalue weighted by Crippen LogP contribution is 2.47. The van der Waals surface area contributed by atoms with Crippen molar-refractivity contribution in [2.45, 2.75) is 59.7 Å². The number of fused-ring (bicyclic) bond motifs is 3. The zero-order chi connectivity index (χ0) is 17.2. The lowest BCUT2D eigenvalue weighted by atomic mass is 9.80. The molecule has 1 aliphatic heterocycles. The summed E-state index contributed by atoms with van der Waals surface area (Å²) in [6.07, 6.45) is 0. The van der Waals surface area contributed by atoms with Gasteiger partial charge in [-0.2, -0.15) is 0 Å². The van der Waals surface area contributed by atoms with E-state index in [1.165, 1.54) is 22.2 Å². The zero-order valence-corrected chi connectivity index (χ0v) is 15.9. The molecule has 2 aromatic rings. The lowest BCUT2D eigenvalue weighted by molar-refractivity contribution is -0.0760. The van der Waals surface area contributed by atoms with Crippen molar-refractivity contribution in [3.63, 3.8) is 0 Å². The van der Waals surface area contributed by atoms with Gasteiger partial charge >= 0.3 is 0 Å². The van der Waals surface area contributed by atoms with Gasteiger partial charge in [-0.15, -0.1) is 0 Å². The number of rotatable bonds is 0. The van der Waals surface area contributed by atoms with E-state index < -0.39 is 0 Å². The van der Waals surface area contributed by atoms with Crippen LogP contribution in [0.15, 0.2) is 24.3 Å². The summed E-state index contributed by atoms with van der Waals surface area (Å²) in [4.78, 5) is 0.